The van der Waals surface area contributed by atoms with Crippen LogP contribution in [0.3, 0.4) is 0 Å². The van der Waals surface area contributed by atoms with Gasteiger partial charge < -0.3 is 5.32 Å². The summed E-state index contributed by atoms with van der Waals surface area (Å²) in [6, 6.07) is 5.15. The summed E-state index contributed by atoms with van der Waals surface area (Å²) in [4.78, 5) is 11.8. The third kappa shape index (κ3) is 2.83. The first kappa shape index (κ1) is 14.5. The van der Waals surface area contributed by atoms with Crippen LogP contribution in [0, 0.1) is 11.7 Å². The Labute approximate surface area is 121 Å². The Morgan fingerprint density at radius 2 is 2.21 bits per heavy atom. The second-order valence-corrected chi connectivity index (χ2v) is 6.83. The third-order valence-electron chi connectivity index (χ3n) is 3.92. The van der Waals surface area contributed by atoms with Gasteiger partial charge in [0.15, 0.2) is 0 Å². The lowest BCUT2D eigenvalue weighted by molar-refractivity contribution is -0.119. The van der Waals surface area contributed by atoms with E-state index in [-0.39, 0.29) is 23.2 Å². The van der Waals surface area contributed by atoms with Crippen molar-refractivity contribution in [1.82, 2.24) is 5.32 Å². The molecule has 2 atom stereocenters. The highest BCUT2D eigenvalue weighted by Crippen LogP contribution is 2.39. The molecule has 2 nitrogen and oxygen atoms in total. The van der Waals surface area contributed by atoms with Crippen LogP contribution in [0.15, 0.2) is 22.7 Å². The molecule has 1 aromatic carbocycles. The van der Waals surface area contributed by atoms with E-state index in [1.54, 1.807) is 12.1 Å². The minimum Gasteiger partial charge on any atom is -0.352 e. The van der Waals surface area contributed by atoms with E-state index in [0.29, 0.717) is 16.8 Å². The molecule has 1 saturated heterocycles. The number of hydrogen-bond donors (Lipinski definition) is 1. The van der Waals surface area contributed by atoms with E-state index in [1.807, 2.05) is 0 Å². The first-order valence-corrected chi connectivity index (χ1v) is 7.37. The minimum absolute atomic E-state index is 0.0774. The summed E-state index contributed by atoms with van der Waals surface area (Å²) < 4.78 is 13.8. The van der Waals surface area contributed by atoms with Gasteiger partial charge in [-0.25, -0.2) is 4.39 Å². The Kier molecular flexibility index (Phi) is 4.00. The van der Waals surface area contributed by atoms with E-state index in [1.165, 1.54) is 6.07 Å². The van der Waals surface area contributed by atoms with Crippen LogP contribution in [0.1, 0.15) is 39.2 Å². The van der Waals surface area contributed by atoms with Gasteiger partial charge in [-0.2, -0.15) is 0 Å². The van der Waals surface area contributed by atoms with Crippen molar-refractivity contribution in [3.63, 3.8) is 0 Å². The van der Waals surface area contributed by atoms with E-state index in [9.17, 15) is 9.18 Å². The maximum absolute atomic E-state index is 13.4. The van der Waals surface area contributed by atoms with Gasteiger partial charge in [0, 0.05) is 17.9 Å². The lowest BCUT2D eigenvalue weighted by Gasteiger charge is -2.32. The molecule has 0 saturated carbocycles. The molecule has 1 heterocycles. The predicted molar refractivity (Wildman–Crippen MR) is 77.5 cm³/mol. The highest BCUT2D eigenvalue weighted by molar-refractivity contribution is 9.10. The minimum atomic E-state index is -0.273. The smallest absolute Gasteiger partial charge is 0.221 e. The van der Waals surface area contributed by atoms with Crippen LogP contribution in [0.5, 0.6) is 0 Å². The molecular weight excluding hydrogens is 309 g/mol. The van der Waals surface area contributed by atoms with Gasteiger partial charge in [0.05, 0.1) is 4.47 Å². The lowest BCUT2D eigenvalue weighted by atomic mass is 9.73. The molecule has 1 aliphatic rings. The number of carbonyl (C=O) groups is 1. The SMILES string of the molecule is CC(C)CC1NC(=O)CC1(C)c1ccc(F)c(Br)c1. The van der Waals surface area contributed by atoms with Crippen LogP contribution in [-0.4, -0.2) is 11.9 Å². The normalized spacial score (nSPS) is 26.8. The van der Waals surface area contributed by atoms with Crippen molar-refractivity contribution in [1.29, 1.82) is 0 Å². The maximum atomic E-state index is 13.4. The molecule has 0 bridgehead atoms. The Hall–Kier alpha value is -0.900. The highest BCUT2D eigenvalue weighted by Gasteiger charge is 2.44. The summed E-state index contributed by atoms with van der Waals surface area (Å²) in [7, 11) is 0. The van der Waals surface area contributed by atoms with Gasteiger partial charge in [-0.15, -0.1) is 0 Å². The summed E-state index contributed by atoms with van der Waals surface area (Å²) in [5.74, 6) is 0.310. The van der Waals surface area contributed by atoms with E-state index in [4.69, 9.17) is 0 Å². The van der Waals surface area contributed by atoms with E-state index < -0.39 is 0 Å². The van der Waals surface area contributed by atoms with Gasteiger partial charge in [0.1, 0.15) is 5.82 Å². The fourth-order valence-electron chi connectivity index (χ4n) is 2.81. The summed E-state index contributed by atoms with van der Waals surface area (Å²) in [6.07, 6.45) is 1.39. The Morgan fingerprint density at radius 3 is 2.79 bits per heavy atom. The van der Waals surface area contributed by atoms with Crippen LogP contribution in [-0.2, 0) is 10.2 Å². The van der Waals surface area contributed by atoms with Gasteiger partial charge in [-0.3, -0.25) is 4.79 Å². The lowest BCUT2D eigenvalue weighted by Crippen LogP contribution is -2.39. The third-order valence-corrected chi connectivity index (χ3v) is 4.53. The topological polar surface area (TPSA) is 29.1 Å². The first-order chi connectivity index (χ1) is 8.83. The van der Waals surface area contributed by atoms with Crippen LogP contribution in [0.2, 0.25) is 0 Å². The van der Waals surface area contributed by atoms with E-state index in [2.05, 4.69) is 42.0 Å². The molecule has 2 rings (SSSR count). The quantitative estimate of drug-likeness (QED) is 0.899. The molecule has 19 heavy (non-hydrogen) atoms. The van der Waals surface area contributed by atoms with Crippen molar-refractivity contribution < 1.29 is 9.18 Å². The Morgan fingerprint density at radius 1 is 1.53 bits per heavy atom. The molecule has 1 amide bonds. The van der Waals surface area contributed by atoms with Crippen LogP contribution in [0.25, 0.3) is 0 Å². The molecule has 104 valence electrons. The van der Waals surface area contributed by atoms with Crippen LogP contribution < -0.4 is 5.32 Å². The summed E-state index contributed by atoms with van der Waals surface area (Å²) >= 11 is 3.22. The molecule has 4 heteroatoms. The maximum Gasteiger partial charge on any atom is 0.221 e. The van der Waals surface area contributed by atoms with Crippen molar-refractivity contribution in [2.75, 3.05) is 0 Å². The van der Waals surface area contributed by atoms with Crippen molar-refractivity contribution in [2.45, 2.75) is 45.1 Å². The number of amides is 1. The Bertz CT molecular complexity index is 503. The van der Waals surface area contributed by atoms with Gasteiger partial charge in [0.25, 0.3) is 0 Å². The fourth-order valence-corrected chi connectivity index (χ4v) is 3.19. The molecule has 0 radical (unpaired) electrons. The molecule has 1 aliphatic heterocycles. The summed E-state index contributed by atoms with van der Waals surface area (Å²) in [5.41, 5.74) is 0.738. The van der Waals surface area contributed by atoms with Gasteiger partial charge in [0.2, 0.25) is 5.91 Å². The first-order valence-electron chi connectivity index (χ1n) is 6.58. The average Bonchev–Trinajstić information content (AvgIpc) is 2.58. The zero-order valence-corrected chi connectivity index (χ0v) is 13.1. The predicted octanol–water partition coefficient (Wildman–Crippen LogP) is 3.78. The summed E-state index contributed by atoms with van der Waals surface area (Å²) in [5, 5.41) is 3.06. The molecule has 0 aliphatic carbocycles. The number of nitrogens with one attached hydrogen (secondary N) is 1. The zero-order chi connectivity index (χ0) is 14.2. The molecule has 1 N–H and O–H groups in total. The van der Waals surface area contributed by atoms with Crippen molar-refractivity contribution >= 4 is 21.8 Å². The van der Waals surface area contributed by atoms with Gasteiger partial charge in [-0.05, 0) is 46.0 Å². The second-order valence-electron chi connectivity index (χ2n) is 5.97. The monoisotopic (exact) mass is 327 g/mol. The zero-order valence-electron chi connectivity index (χ0n) is 11.5. The van der Waals surface area contributed by atoms with Crippen molar-refractivity contribution in [3.05, 3.63) is 34.1 Å². The van der Waals surface area contributed by atoms with Gasteiger partial charge in [-0.1, -0.05) is 26.8 Å². The fraction of sp³-hybridized carbons (Fsp3) is 0.533. The highest BCUT2D eigenvalue weighted by atomic mass is 79.9. The second kappa shape index (κ2) is 5.23. The van der Waals surface area contributed by atoms with E-state index >= 15 is 0 Å². The standard InChI is InChI=1S/C15H19BrFNO/c1-9(2)6-13-15(3,8-14(19)18-13)10-4-5-12(17)11(16)7-10/h4-5,7,9,13H,6,8H2,1-3H3,(H,18,19). The number of benzene rings is 1. The Balaban J connectivity index is 2.37. The van der Waals surface area contributed by atoms with Crippen LogP contribution >= 0.6 is 15.9 Å². The molecule has 1 aromatic rings. The number of rotatable bonds is 3. The number of hydrogen-bond acceptors (Lipinski definition) is 1. The van der Waals surface area contributed by atoms with Crippen LogP contribution in [0.4, 0.5) is 4.39 Å². The van der Waals surface area contributed by atoms with E-state index in [0.717, 1.165) is 12.0 Å². The van der Waals surface area contributed by atoms with Crippen molar-refractivity contribution in [2.24, 2.45) is 5.92 Å². The molecular formula is C15H19BrFNO. The van der Waals surface area contributed by atoms with Gasteiger partial charge >= 0.3 is 0 Å². The molecule has 2 unspecified atom stereocenters. The molecule has 0 aromatic heterocycles. The number of carbonyl (C=O) groups excluding carboxylic acids is 1. The molecule has 0 spiro atoms. The largest absolute Gasteiger partial charge is 0.352 e. The van der Waals surface area contributed by atoms with Crippen molar-refractivity contribution in [3.8, 4) is 0 Å². The summed E-state index contributed by atoms with van der Waals surface area (Å²) in [6.45, 7) is 6.37. The number of halogens is 2. The average molecular weight is 328 g/mol. The molecule has 1 fully saturated rings.